The minimum atomic E-state index is -0.899. The first-order chi connectivity index (χ1) is 11.9. The molecule has 1 amide bonds. The number of halogens is 2. The molecule has 6 heteroatoms. The van der Waals surface area contributed by atoms with Crippen molar-refractivity contribution in [3.63, 3.8) is 0 Å². The summed E-state index contributed by atoms with van der Waals surface area (Å²) in [5.41, 5.74) is 3.74. The van der Waals surface area contributed by atoms with Crippen molar-refractivity contribution in [2.75, 3.05) is 13.6 Å². The van der Waals surface area contributed by atoms with Crippen molar-refractivity contribution < 1.29 is 13.6 Å². The Kier molecular flexibility index (Phi) is 4.53. The fourth-order valence-electron chi connectivity index (χ4n) is 2.75. The smallest absolute Gasteiger partial charge is 0.242 e. The maximum absolute atomic E-state index is 13.5. The maximum Gasteiger partial charge on any atom is 0.242 e. The van der Waals surface area contributed by atoms with Crippen LogP contribution in [0.25, 0.3) is 22.2 Å². The Morgan fingerprint density at radius 2 is 1.96 bits per heavy atom. The summed E-state index contributed by atoms with van der Waals surface area (Å²) >= 11 is 0. The summed E-state index contributed by atoms with van der Waals surface area (Å²) in [6, 6.07) is 5.60. The van der Waals surface area contributed by atoms with Gasteiger partial charge in [0.25, 0.3) is 0 Å². The molecule has 0 atom stereocenters. The second kappa shape index (κ2) is 6.63. The lowest BCUT2D eigenvalue weighted by Crippen LogP contribution is -2.29. The van der Waals surface area contributed by atoms with Gasteiger partial charge in [0.1, 0.15) is 6.54 Å². The van der Waals surface area contributed by atoms with Crippen molar-refractivity contribution >= 4 is 16.9 Å². The molecule has 0 spiro atoms. The number of carbonyl (C=O) groups is 1. The first-order valence-electron chi connectivity index (χ1n) is 8.05. The van der Waals surface area contributed by atoms with Gasteiger partial charge in [-0.25, -0.2) is 8.78 Å². The van der Waals surface area contributed by atoms with Crippen LogP contribution in [0, 0.1) is 18.6 Å². The van der Waals surface area contributed by atoms with Crippen LogP contribution in [0.1, 0.15) is 12.5 Å². The Morgan fingerprint density at radius 3 is 2.64 bits per heavy atom. The molecule has 0 aliphatic rings. The van der Waals surface area contributed by atoms with Gasteiger partial charge in [0.05, 0.1) is 11.0 Å². The zero-order valence-electron chi connectivity index (χ0n) is 14.4. The number of pyridine rings is 1. The molecule has 0 radical (unpaired) electrons. The molecule has 4 nitrogen and oxygen atoms in total. The number of likely N-dealkylation sites (N-methyl/N-ethyl adjacent to an activating group) is 1. The fraction of sp³-hybridized carbons (Fsp3) is 0.263. The topological polar surface area (TPSA) is 38.1 Å². The molecule has 0 bridgehead atoms. The first kappa shape index (κ1) is 17.1. The Morgan fingerprint density at radius 1 is 1.20 bits per heavy atom. The fourth-order valence-corrected chi connectivity index (χ4v) is 2.75. The van der Waals surface area contributed by atoms with Crippen molar-refractivity contribution in [1.82, 2.24) is 14.5 Å². The van der Waals surface area contributed by atoms with Gasteiger partial charge in [-0.05, 0) is 43.2 Å². The zero-order chi connectivity index (χ0) is 18.1. The molecule has 25 heavy (non-hydrogen) atoms. The van der Waals surface area contributed by atoms with E-state index >= 15 is 0 Å². The molecule has 2 heterocycles. The highest BCUT2D eigenvalue weighted by Crippen LogP contribution is 2.26. The number of aromatic nitrogens is 2. The molecule has 0 saturated heterocycles. The summed E-state index contributed by atoms with van der Waals surface area (Å²) in [6.07, 6.45) is 3.51. The van der Waals surface area contributed by atoms with E-state index in [1.54, 1.807) is 18.1 Å². The van der Waals surface area contributed by atoms with E-state index in [9.17, 15) is 13.6 Å². The summed E-state index contributed by atoms with van der Waals surface area (Å²) in [6.45, 7) is 4.68. The number of amides is 1. The molecule has 0 N–H and O–H groups in total. The van der Waals surface area contributed by atoms with Crippen LogP contribution >= 0.6 is 0 Å². The average Bonchev–Trinajstić information content (AvgIpc) is 2.91. The molecule has 0 unspecified atom stereocenters. The van der Waals surface area contributed by atoms with Crippen molar-refractivity contribution in [3.8, 4) is 11.1 Å². The maximum atomic E-state index is 13.5. The van der Waals surface area contributed by atoms with E-state index in [1.165, 1.54) is 6.07 Å². The number of hydrogen-bond acceptors (Lipinski definition) is 2. The number of benzene rings is 1. The number of rotatable bonds is 4. The first-order valence-corrected chi connectivity index (χ1v) is 8.05. The van der Waals surface area contributed by atoms with Gasteiger partial charge in [-0.3, -0.25) is 9.78 Å². The normalized spacial score (nSPS) is 11.1. The third-order valence-corrected chi connectivity index (χ3v) is 4.36. The van der Waals surface area contributed by atoms with Crippen LogP contribution in [0.5, 0.6) is 0 Å². The quantitative estimate of drug-likeness (QED) is 0.723. The molecule has 2 aromatic heterocycles. The van der Waals surface area contributed by atoms with Crippen molar-refractivity contribution in [2.24, 2.45) is 0 Å². The number of hydrogen-bond donors (Lipinski definition) is 0. The van der Waals surface area contributed by atoms with E-state index in [0.29, 0.717) is 17.7 Å². The standard InChI is InChI=1S/C19H19F2N3O/c1-4-23(3)18(25)11-24-10-12(2)19-17(24)8-14(9-22-19)13-5-6-15(20)16(21)7-13/h5-10H,4,11H2,1-3H3. The summed E-state index contributed by atoms with van der Waals surface area (Å²) in [5.74, 6) is -1.79. The van der Waals surface area contributed by atoms with Crippen LogP contribution in [-0.4, -0.2) is 34.0 Å². The number of fused-ring (bicyclic) bond motifs is 1. The van der Waals surface area contributed by atoms with Crippen LogP contribution in [0.4, 0.5) is 8.78 Å². The third-order valence-electron chi connectivity index (χ3n) is 4.36. The van der Waals surface area contributed by atoms with Crippen molar-refractivity contribution in [2.45, 2.75) is 20.4 Å². The predicted molar refractivity (Wildman–Crippen MR) is 93.1 cm³/mol. The second-order valence-electron chi connectivity index (χ2n) is 6.07. The minimum absolute atomic E-state index is 0.00219. The van der Waals surface area contributed by atoms with Gasteiger partial charge < -0.3 is 9.47 Å². The second-order valence-corrected chi connectivity index (χ2v) is 6.07. The Labute approximate surface area is 144 Å². The van der Waals surface area contributed by atoms with Crippen LogP contribution in [0.15, 0.2) is 36.7 Å². The Balaban J connectivity index is 2.05. The average molecular weight is 343 g/mol. The Hall–Kier alpha value is -2.76. The van der Waals surface area contributed by atoms with Crippen molar-refractivity contribution in [3.05, 3.63) is 53.9 Å². The predicted octanol–water partition coefficient (Wildman–Crippen LogP) is 3.77. The molecule has 0 saturated carbocycles. The van der Waals surface area contributed by atoms with Gasteiger partial charge in [-0.1, -0.05) is 6.07 Å². The molecule has 0 aliphatic heterocycles. The molecule has 130 valence electrons. The van der Waals surface area contributed by atoms with E-state index in [0.717, 1.165) is 28.7 Å². The lowest BCUT2D eigenvalue weighted by atomic mass is 10.1. The molecular weight excluding hydrogens is 324 g/mol. The van der Waals surface area contributed by atoms with Gasteiger partial charge in [-0.2, -0.15) is 0 Å². The summed E-state index contributed by atoms with van der Waals surface area (Å²) < 4.78 is 28.5. The molecule has 1 aromatic carbocycles. The van der Waals surface area contributed by atoms with Gasteiger partial charge in [-0.15, -0.1) is 0 Å². The summed E-state index contributed by atoms with van der Waals surface area (Å²) in [5, 5.41) is 0. The van der Waals surface area contributed by atoms with Crippen LogP contribution in [-0.2, 0) is 11.3 Å². The lowest BCUT2D eigenvalue weighted by Gasteiger charge is -2.15. The monoisotopic (exact) mass is 343 g/mol. The van der Waals surface area contributed by atoms with Crippen molar-refractivity contribution in [1.29, 1.82) is 0 Å². The minimum Gasteiger partial charge on any atom is -0.344 e. The highest BCUT2D eigenvalue weighted by atomic mass is 19.2. The summed E-state index contributed by atoms with van der Waals surface area (Å²) in [7, 11) is 1.76. The molecular formula is C19H19F2N3O. The lowest BCUT2D eigenvalue weighted by molar-refractivity contribution is -0.130. The molecule has 3 rings (SSSR count). The number of aryl methyl sites for hydroxylation is 1. The van der Waals surface area contributed by atoms with E-state index in [4.69, 9.17) is 0 Å². The van der Waals surface area contributed by atoms with E-state index in [-0.39, 0.29) is 12.5 Å². The zero-order valence-corrected chi connectivity index (χ0v) is 14.4. The summed E-state index contributed by atoms with van der Waals surface area (Å²) in [4.78, 5) is 18.3. The highest BCUT2D eigenvalue weighted by Gasteiger charge is 2.14. The van der Waals surface area contributed by atoms with Gasteiger partial charge in [0, 0.05) is 31.5 Å². The van der Waals surface area contributed by atoms with E-state index < -0.39 is 11.6 Å². The van der Waals surface area contributed by atoms with Crippen LogP contribution in [0.3, 0.4) is 0 Å². The SMILES string of the molecule is CCN(C)C(=O)Cn1cc(C)c2ncc(-c3ccc(F)c(F)c3)cc21. The molecule has 0 aliphatic carbocycles. The van der Waals surface area contributed by atoms with Gasteiger partial charge >= 0.3 is 0 Å². The molecule has 3 aromatic rings. The van der Waals surface area contributed by atoms with Gasteiger partial charge in [0.2, 0.25) is 5.91 Å². The molecule has 0 fully saturated rings. The number of carbonyl (C=O) groups excluding carboxylic acids is 1. The Bertz CT molecular complexity index is 949. The third kappa shape index (κ3) is 3.24. The number of nitrogens with zero attached hydrogens (tertiary/aromatic N) is 3. The largest absolute Gasteiger partial charge is 0.344 e. The van der Waals surface area contributed by atoms with Gasteiger partial charge in [0.15, 0.2) is 11.6 Å². The van der Waals surface area contributed by atoms with E-state index in [2.05, 4.69) is 4.98 Å². The van der Waals surface area contributed by atoms with E-state index in [1.807, 2.05) is 30.7 Å². The van der Waals surface area contributed by atoms with Crippen LogP contribution < -0.4 is 0 Å². The van der Waals surface area contributed by atoms with Crippen LogP contribution in [0.2, 0.25) is 0 Å². The highest BCUT2D eigenvalue weighted by molar-refractivity contribution is 5.86.